The minimum Gasteiger partial charge on any atom is -0.481 e. The first kappa shape index (κ1) is 13.1. The third kappa shape index (κ3) is 3.35. The van der Waals surface area contributed by atoms with Crippen molar-refractivity contribution in [3.63, 3.8) is 0 Å². The van der Waals surface area contributed by atoms with E-state index in [1.807, 2.05) is 6.26 Å². The Morgan fingerprint density at radius 3 is 2.72 bits per heavy atom. The highest BCUT2D eigenvalue weighted by molar-refractivity contribution is 7.98. The van der Waals surface area contributed by atoms with Gasteiger partial charge in [0.15, 0.2) is 5.16 Å². The molecule has 0 spiro atoms. The van der Waals surface area contributed by atoms with Crippen LogP contribution in [0.5, 0.6) is 0 Å². The second-order valence-corrected chi connectivity index (χ2v) is 5.10. The van der Waals surface area contributed by atoms with Crippen molar-refractivity contribution in [2.45, 2.75) is 30.8 Å². The topological polar surface area (TPSA) is 66.3 Å². The number of anilines is 1. The molecule has 98 valence electrons. The fraction of sp³-hybridized carbons (Fsp3) is 0.583. The Hall–Kier alpha value is -1.30. The molecule has 0 aliphatic carbocycles. The predicted molar refractivity (Wildman–Crippen MR) is 71.2 cm³/mol. The summed E-state index contributed by atoms with van der Waals surface area (Å²) >= 11 is 1.45. The van der Waals surface area contributed by atoms with E-state index in [0.717, 1.165) is 18.9 Å². The molecule has 5 nitrogen and oxygen atoms in total. The van der Waals surface area contributed by atoms with E-state index >= 15 is 0 Å². The summed E-state index contributed by atoms with van der Waals surface area (Å²) in [6.45, 7) is 1.99. The van der Waals surface area contributed by atoms with Crippen LogP contribution in [0.4, 0.5) is 5.82 Å². The van der Waals surface area contributed by atoms with E-state index in [4.69, 9.17) is 5.11 Å². The highest BCUT2D eigenvalue weighted by atomic mass is 32.2. The van der Waals surface area contributed by atoms with Gasteiger partial charge >= 0.3 is 5.97 Å². The summed E-state index contributed by atoms with van der Waals surface area (Å²) in [7, 11) is 0. The molecule has 0 radical (unpaired) electrons. The van der Waals surface area contributed by atoms with Crippen molar-refractivity contribution >= 4 is 23.5 Å². The third-order valence-electron chi connectivity index (χ3n) is 2.94. The molecule has 0 amide bonds. The summed E-state index contributed by atoms with van der Waals surface area (Å²) in [5.74, 6) is 0.00986. The Labute approximate surface area is 111 Å². The van der Waals surface area contributed by atoms with Crippen LogP contribution in [0.15, 0.2) is 11.2 Å². The lowest BCUT2D eigenvalue weighted by Gasteiger charge is -2.28. The first-order valence-electron chi connectivity index (χ1n) is 6.08. The van der Waals surface area contributed by atoms with Crippen LogP contribution < -0.4 is 4.90 Å². The van der Waals surface area contributed by atoms with Gasteiger partial charge in [-0.3, -0.25) is 4.79 Å². The molecule has 1 N–H and O–H groups in total. The molecule has 1 aromatic heterocycles. The smallest absolute Gasteiger partial charge is 0.309 e. The number of hydrogen-bond acceptors (Lipinski definition) is 5. The Balaban J connectivity index is 2.24. The van der Waals surface area contributed by atoms with Crippen molar-refractivity contribution in [2.24, 2.45) is 0 Å². The average molecular weight is 267 g/mol. The van der Waals surface area contributed by atoms with Gasteiger partial charge in [0.2, 0.25) is 0 Å². The second kappa shape index (κ2) is 6.04. The molecular formula is C12H17N3O2S. The predicted octanol–water partition coefficient (Wildman–Crippen LogP) is 1.82. The maximum Gasteiger partial charge on any atom is 0.309 e. The lowest BCUT2D eigenvalue weighted by atomic mass is 10.1. The molecule has 2 rings (SSSR count). The van der Waals surface area contributed by atoms with Crippen molar-refractivity contribution in [1.29, 1.82) is 0 Å². The zero-order valence-electron chi connectivity index (χ0n) is 10.4. The molecular weight excluding hydrogens is 250 g/mol. The van der Waals surface area contributed by atoms with Gasteiger partial charge in [-0.15, -0.1) is 0 Å². The minimum absolute atomic E-state index is 0.0447. The van der Waals surface area contributed by atoms with Crippen molar-refractivity contribution in [3.8, 4) is 0 Å². The summed E-state index contributed by atoms with van der Waals surface area (Å²) in [4.78, 5) is 21.7. The number of carboxylic acid groups (broad SMARTS) is 1. The van der Waals surface area contributed by atoms with E-state index in [1.54, 1.807) is 6.07 Å². The van der Waals surface area contributed by atoms with Crippen molar-refractivity contribution in [1.82, 2.24) is 9.97 Å². The fourth-order valence-electron chi connectivity index (χ4n) is 2.08. The van der Waals surface area contributed by atoms with Crippen LogP contribution in [0.3, 0.4) is 0 Å². The monoisotopic (exact) mass is 267 g/mol. The summed E-state index contributed by atoms with van der Waals surface area (Å²) < 4.78 is 0. The van der Waals surface area contributed by atoms with Crippen LogP contribution in [-0.4, -0.2) is 40.4 Å². The number of carboxylic acids is 1. The number of carbonyl (C=O) groups is 1. The number of aromatic nitrogens is 2. The molecule has 6 heteroatoms. The van der Waals surface area contributed by atoms with Crippen LogP contribution in [0, 0.1) is 0 Å². The Morgan fingerprint density at radius 2 is 2.11 bits per heavy atom. The van der Waals surface area contributed by atoms with Crippen LogP contribution in [0.1, 0.15) is 25.0 Å². The van der Waals surface area contributed by atoms with Gasteiger partial charge in [0.1, 0.15) is 5.82 Å². The SMILES string of the molecule is CSc1nc(CC(=O)O)cc(N2CCCCC2)n1. The lowest BCUT2D eigenvalue weighted by molar-refractivity contribution is -0.136. The molecule has 1 aliphatic heterocycles. The van der Waals surface area contributed by atoms with Crippen LogP contribution in [0.25, 0.3) is 0 Å². The zero-order chi connectivity index (χ0) is 13.0. The van der Waals surface area contributed by atoms with Crippen LogP contribution >= 0.6 is 11.8 Å². The van der Waals surface area contributed by atoms with Gasteiger partial charge in [-0.1, -0.05) is 11.8 Å². The number of thioether (sulfide) groups is 1. The first-order chi connectivity index (χ1) is 8.69. The molecule has 1 fully saturated rings. The summed E-state index contributed by atoms with van der Waals surface area (Å²) in [5, 5.41) is 9.50. The lowest BCUT2D eigenvalue weighted by Crippen LogP contribution is -2.30. The van der Waals surface area contributed by atoms with Crippen molar-refractivity contribution in [2.75, 3.05) is 24.2 Å². The van der Waals surface area contributed by atoms with Gasteiger partial charge in [-0.05, 0) is 25.5 Å². The van der Waals surface area contributed by atoms with E-state index in [1.165, 1.54) is 31.0 Å². The minimum atomic E-state index is -0.856. The van der Waals surface area contributed by atoms with E-state index in [2.05, 4.69) is 14.9 Å². The van der Waals surface area contributed by atoms with Crippen LogP contribution in [0.2, 0.25) is 0 Å². The molecule has 18 heavy (non-hydrogen) atoms. The van der Waals surface area contributed by atoms with E-state index in [-0.39, 0.29) is 6.42 Å². The summed E-state index contributed by atoms with van der Waals surface area (Å²) in [5.41, 5.74) is 0.586. The molecule has 2 heterocycles. The molecule has 1 aliphatic rings. The van der Waals surface area contributed by atoms with E-state index < -0.39 is 5.97 Å². The van der Waals surface area contributed by atoms with Gasteiger partial charge < -0.3 is 10.0 Å². The highest BCUT2D eigenvalue weighted by Gasteiger charge is 2.15. The fourth-order valence-corrected chi connectivity index (χ4v) is 2.47. The first-order valence-corrected chi connectivity index (χ1v) is 7.30. The maximum atomic E-state index is 10.8. The number of hydrogen-bond donors (Lipinski definition) is 1. The maximum absolute atomic E-state index is 10.8. The molecule has 1 aromatic rings. The van der Waals surface area contributed by atoms with E-state index in [9.17, 15) is 4.79 Å². The van der Waals surface area contributed by atoms with Crippen molar-refractivity contribution in [3.05, 3.63) is 11.8 Å². The average Bonchev–Trinajstić information content (AvgIpc) is 2.38. The van der Waals surface area contributed by atoms with Gasteiger partial charge in [0.05, 0.1) is 12.1 Å². The van der Waals surface area contributed by atoms with Gasteiger partial charge in [-0.25, -0.2) is 9.97 Å². The third-order valence-corrected chi connectivity index (χ3v) is 3.49. The largest absolute Gasteiger partial charge is 0.481 e. The molecule has 0 aromatic carbocycles. The zero-order valence-corrected chi connectivity index (χ0v) is 11.2. The standard InChI is InChI=1S/C12H17N3O2S/c1-18-12-13-9(8-11(16)17)7-10(14-12)15-5-3-2-4-6-15/h7H,2-6,8H2,1H3,(H,16,17). The molecule has 0 bridgehead atoms. The molecule has 0 atom stereocenters. The second-order valence-electron chi connectivity index (χ2n) is 4.32. The highest BCUT2D eigenvalue weighted by Crippen LogP contribution is 2.21. The van der Waals surface area contributed by atoms with Gasteiger partial charge in [0, 0.05) is 19.2 Å². The number of rotatable bonds is 4. The Kier molecular flexibility index (Phi) is 4.41. The molecule has 0 unspecified atom stereocenters. The quantitative estimate of drug-likeness (QED) is 0.663. The Morgan fingerprint density at radius 1 is 1.39 bits per heavy atom. The van der Waals surface area contributed by atoms with Crippen LogP contribution in [-0.2, 0) is 11.2 Å². The van der Waals surface area contributed by atoms with Gasteiger partial charge in [-0.2, -0.15) is 0 Å². The number of aliphatic carboxylic acids is 1. The number of piperidine rings is 1. The number of nitrogens with zero attached hydrogens (tertiary/aromatic N) is 3. The van der Waals surface area contributed by atoms with Crippen molar-refractivity contribution < 1.29 is 9.90 Å². The summed E-state index contributed by atoms with van der Waals surface area (Å²) in [6.07, 6.45) is 5.47. The summed E-state index contributed by atoms with van der Waals surface area (Å²) in [6, 6.07) is 1.80. The van der Waals surface area contributed by atoms with Gasteiger partial charge in [0.25, 0.3) is 0 Å². The Bertz CT molecular complexity index is 433. The van der Waals surface area contributed by atoms with E-state index in [0.29, 0.717) is 10.9 Å². The molecule has 0 saturated carbocycles. The molecule has 1 saturated heterocycles. The normalized spacial score (nSPS) is 15.7.